The van der Waals surface area contributed by atoms with E-state index in [1.54, 1.807) is 23.9 Å². The highest BCUT2D eigenvalue weighted by Gasteiger charge is 2.42. The van der Waals surface area contributed by atoms with Crippen molar-refractivity contribution in [2.75, 3.05) is 57.3 Å². The summed E-state index contributed by atoms with van der Waals surface area (Å²) >= 11 is 6.45. The van der Waals surface area contributed by atoms with Gasteiger partial charge in [-0.15, -0.1) is 0 Å². The van der Waals surface area contributed by atoms with E-state index in [1.165, 1.54) is 0 Å². The van der Waals surface area contributed by atoms with Gasteiger partial charge in [0.15, 0.2) is 5.82 Å². The SMILES string of the molecule is CC(=O)N1CCC(C(=O)N(CCCN2CC3CN(C(=O)c4nccn4C)CC3C2)c2ccc(C)c(Cl)c2)CC1. The van der Waals surface area contributed by atoms with Crippen molar-refractivity contribution in [2.24, 2.45) is 24.8 Å². The number of aryl methyl sites for hydroxylation is 2. The zero-order chi connectivity index (χ0) is 27.7. The summed E-state index contributed by atoms with van der Waals surface area (Å²) in [4.78, 5) is 50.7. The molecule has 0 N–H and O–H groups in total. The van der Waals surface area contributed by atoms with Crippen molar-refractivity contribution in [3.8, 4) is 0 Å². The average Bonchev–Trinajstić information content (AvgIpc) is 3.62. The third kappa shape index (κ3) is 5.99. The van der Waals surface area contributed by atoms with Crippen LogP contribution in [0.5, 0.6) is 0 Å². The molecule has 3 amide bonds. The van der Waals surface area contributed by atoms with Crippen LogP contribution in [0.25, 0.3) is 0 Å². The molecule has 4 heterocycles. The largest absolute Gasteiger partial charge is 0.343 e. The van der Waals surface area contributed by atoms with Crippen LogP contribution in [-0.2, 0) is 16.6 Å². The molecule has 2 atom stereocenters. The number of hydrogen-bond acceptors (Lipinski definition) is 5. The molecule has 0 spiro atoms. The van der Waals surface area contributed by atoms with Gasteiger partial charge in [-0.3, -0.25) is 14.4 Å². The molecule has 0 saturated carbocycles. The second-order valence-corrected chi connectivity index (χ2v) is 11.8. The second-order valence-electron chi connectivity index (χ2n) is 11.4. The predicted molar refractivity (Wildman–Crippen MR) is 151 cm³/mol. The van der Waals surface area contributed by atoms with E-state index in [4.69, 9.17) is 11.6 Å². The molecule has 3 fully saturated rings. The minimum absolute atomic E-state index is 0.0171. The van der Waals surface area contributed by atoms with Gasteiger partial charge in [0.25, 0.3) is 5.91 Å². The number of amides is 3. The number of rotatable bonds is 7. The Balaban J connectivity index is 1.16. The maximum Gasteiger partial charge on any atom is 0.289 e. The normalized spacial score (nSPS) is 21.8. The zero-order valence-electron chi connectivity index (χ0n) is 23.2. The number of nitrogens with zero attached hydrogens (tertiary/aromatic N) is 6. The summed E-state index contributed by atoms with van der Waals surface area (Å²) in [6.07, 6.45) is 5.72. The quantitative estimate of drug-likeness (QED) is 0.525. The molecule has 2 unspecified atom stereocenters. The number of imidazole rings is 1. The standard InChI is InChI=1S/C29H39ClN6O3/c1-20-5-6-25(15-26(20)30)36(28(38)22-7-12-34(13-8-22)21(2)37)11-4-10-33-16-23-18-35(19-24(23)17-33)29(39)27-31-9-14-32(27)3/h5-6,9,14-15,22-24H,4,7-8,10-13,16-19H2,1-3H3. The first-order valence-electron chi connectivity index (χ1n) is 14.0. The fourth-order valence-electron chi connectivity index (χ4n) is 6.38. The number of piperidine rings is 1. The summed E-state index contributed by atoms with van der Waals surface area (Å²) in [6, 6.07) is 5.85. The summed E-state index contributed by atoms with van der Waals surface area (Å²) < 4.78 is 1.78. The van der Waals surface area contributed by atoms with Crippen molar-refractivity contribution in [1.82, 2.24) is 24.3 Å². The van der Waals surface area contributed by atoms with Crippen molar-refractivity contribution >= 4 is 35.0 Å². The fourth-order valence-corrected chi connectivity index (χ4v) is 6.56. The molecule has 3 aliphatic heterocycles. The lowest BCUT2D eigenvalue weighted by atomic mass is 9.94. The number of aromatic nitrogens is 2. The Hall–Kier alpha value is -2.91. The van der Waals surface area contributed by atoms with Gasteiger partial charge in [0.1, 0.15) is 0 Å². The summed E-state index contributed by atoms with van der Waals surface area (Å²) in [6.45, 7) is 9.85. The summed E-state index contributed by atoms with van der Waals surface area (Å²) in [7, 11) is 1.85. The molecule has 1 aromatic carbocycles. The van der Waals surface area contributed by atoms with Crippen molar-refractivity contribution < 1.29 is 14.4 Å². The average molecular weight is 555 g/mol. The molecule has 3 aliphatic rings. The van der Waals surface area contributed by atoms with Crippen molar-refractivity contribution in [1.29, 1.82) is 0 Å². The molecular formula is C29H39ClN6O3. The first-order valence-corrected chi connectivity index (χ1v) is 14.4. The van der Waals surface area contributed by atoms with Crippen LogP contribution in [0.15, 0.2) is 30.6 Å². The maximum absolute atomic E-state index is 13.7. The van der Waals surface area contributed by atoms with E-state index >= 15 is 0 Å². The number of carbonyl (C=O) groups is 3. The molecule has 1 aromatic heterocycles. The fraction of sp³-hybridized carbons (Fsp3) is 0.586. The molecule has 210 valence electrons. The molecular weight excluding hydrogens is 516 g/mol. The first-order chi connectivity index (χ1) is 18.7. The Morgan fingerprint density at radius 3 is 2.33 bits per heavy atom. The number of halogens is 1. The van der Waals surface area contributed by atoms with Gasteiger partial charge in [-0.25, -0.2) is 4.98 Å². The number of benzene rings is 1. The molecule has 9 nitrogen and oxygen atoms in total. The predicted octanol–water partition coefficient (Wildman–Crippen LogP) is 3.07. The molecule has 3 saturated heterocycles. The molecule has 39 heavy (non-hydrogen) atoms. The van der Waals surface area contributed by atoms with E-state index in [0.29, 0.717) is 55.2 Å². The zero-order valence-corrected chi connectivity index (χ0v) is 23.9. The van der Waals surface area contributed by atoms with Gasteiger partial charge in [0, 0.05) is 88.8 Å². The van der Waals surface area contributed by atoms with Gasteiger partial charge < -0.3 is 24.2 Å². The molecule has 0 aliphatic carbocycles. The number of hydrogen-bond donors (Lipinski definition) is 0. The topological polar surface area (TPSA) is 82.0 Å². The van der Waals surface area contributed by atoms with Gasteiger partial charge in [-0.05, 0) is 62.3 Å². The Kier molecular flexibility index (Phi) is 8.28. The minimum Gasteiger partial charge on any atom is -0.343 e. The van der Waals surface area contributed by atoms with Crippen LogP contribution >= 0.6 is 11.6 Å². The van der Waals surface area contributed by atoms with E-state index in [9.17, 15) is 14.4 Å². The molecule has 0 radical (unpaired) electrons. The van der Waals surface area contributed by atoms with Crippen LogP contribution in [-0.4, -0.2) is 94.3 Å². The third-order valence-corrected chi connectivity index (χ3v) is 9.15. The number of fused-ring (bicyclic) bond motifs is 1. The summed E-state index contributed by atoms with van der Waals surface area (Å²) in [5.41, 5.74) is 1.83. The van der Waals surface area contributed by atoms with Crippen molar-refractivity contribution in [2.45, 2.75) is 33.1 Å². The monoisotopic (exact) mass is 554 g/mol. The minimum atomic E-state index is -0.0888. The van der Waals surface area contributed by atoms with E-state index in [1.807, 2.05) is 46.9 Å². The molecule has 5 rings (SSSR count). The smallest absolute Gasteiger partial charge is 0.289 e. The van der Waals surface area contributed by atoms with Gasteiger partial charge in [-0.2, -0.15) is 0 Å². The highest BCUT2D eigenvalue weighted by atomic mass is 35.5. The Morgan fingerprint density at radius 1 is 1.05 bits per heavy atom. The van der Waals surface area contributed by atoms with Gasteiger partial charge in [-0.1, -0.05) is 17.7 Å². The Morgan fingerprint density at radius 2 is 1.74 bits per heavy atom. The molecule has 2 aromatic rings. The number of likely N-dealkylation sites (tertiary alicyclic amines) is 3. The van der Waals surface area contributed by atoms with Crippen LogP contribution in [0.3, 0.4) is 0 Å². The third-order valence-electron chi connectivity index (χ3n) is 8.74. The van der Waals surface area contributed by atoms with Crippen LogP contribution in [0, 0.1) is 24.7 Å². The van der Waals surface area contributed by atoms with Crippen LogP contribution < -0.4 is 4.90 Å². The van der Waals surface area contributed by atoms with E-state index in [2.05, 4.69) is 9.88 Å². The highest BCUT2D eigenvalue weighted by molar-refractivity contribution is 6.31. The molecule has 0 bridgehead atoms. The van der Waals surface area contributed by atoms with E-state index < -0.39 is 0 Å². The van der Waals surface area contributed by atoms with E-state index in [0.717, 1.165) is 50.4 Å². The lowest BCUT2D eigenvalue weighted by Gasteiger charge is -2.34. The summed E-state index contributed by atoms with van der Waals surface area (Å²) in [5.74, 6) is 1.59. The Labute approximate surface area is 235 Å². The van der Waals surface area contributed by atoms with Crippen LogP contribution in [0.4, 0.5) is 5.69 Å². The first kappa shape index (κ1) is 27.6. The molecule has 10 heteroatoms. The van der Waals surface area contributed by atoms with Crippen LogP contribution in [0.1, 0.15) is 42.4 Å². The second kappa shape index (κ2) is 11.7. The van der Waals surface area contributed by atoms with Crippen molar-refractivity contribution in [3.63, 3.8) is 0 Å². The summed E-state index contributed by atoms with van der Waals surface area (Å²) in [5, 5.41) is 0.661. The number of carbonyl (C=O) groups excluding carboxylic acids is 3. The van der Waals surface area contributed by atoms with E-state index in [-0.39, 0.29) is 23.6 Å². The lowest BCUT2D eigenvalue weighted by molar-refractivity contribution is -0.133. The number of anilines is 1. The Bertz CT molecular complexity index is 1210. The van der Waals surface area contributed by atoms with Crippen LogP contribution in [0.2, 0.25) is 5.02 Å². The van der Waals surface area contributed by atoms with Gasteiger partial charge >= 0.3 is 0 Å². The van der Waals surface area contributed by atoms with Gasteiger partial charge in [0.05, 0.1) is 0 Å². The van der Waals surface area contributed by atoms with Gasteiger partial charge in [0.2, 0.25) is 11.8 Å². The maximum atomic E-state index is 13.7. The highest BCUT2D eigenvalue weighted by Crippen LogP contribution is 2.32. The van der Waals surface area contributed by atoms with Crippen molar-refractivity contribution in [3.05, 3.63) is 47.0 Å². The lowest BCUT2D eigenvalue weighted by Crippen LogP contribution is -2.44.